The first-order valence-corrected chi connectivity index (χ1v) is 9.72. The highest BCUT2D eigenvalue weighted by Crippen LogP contribution is 2.23. The van der Waals surface area contributed by atoms with E-state index in [1.54, 1.807) is 22.8 Å². The standard InChI is InChI=1S/C15H31N3O3S/c1-16-8-4-5-15(11-16)12-17(2)22(19,20)18-9-6-14(7-10-18)13-21-3/h14-15H,4-13H2,1-3H3/t15-/m1/s1. The predicted octanol–water partition coefficient (Wildman–Crippen LogP) is 0.863. The van der Waals surface area contributed by atoms with Crippen molar-refractivity contribution in [2.24, 2.45) is 11.8 Å². The van der Waals surface area contributed by atoms with E-state index in [1.807, 2.05) is 0 Å². The Hall–Kier alpha value is -0.210. The van der Waals surface area contributed by atoms with Crippen molar-refractivity contribution in [3.05, 3.63) is 0 Å². The van der Waals surface area contributed by atoms with Gasteiger partial charge in [-0.15, -0.1) is 0 Å². The molecular formula is C15H31N3O3S. The summed E-state index contributed by atoms with van der Waals surface area (Å²) in [6.45, 7) is 4.72. The van der Waals surface area contributed by atoms with Crippen LogP contribution in [0.3, 0.4) is 0 Å². The molecule has 0 unspecified atom stereocenters. The van der Waals surface area contributed by atoms with Gasteiger partial charge >= 0.3 is 0 Å². The fraction of sp³-hybridized carbons (Fsp3) is 1.00. The Labute approximate surface area is 135 Å². The molecule has 2 saturated heterocycles. The molecule has 2 aliphatic heterocycles. The highest BCUT2D eigenvalue weighted by molar-refractivity contribution is 7.86. The molecule has 2 rings (SSSR count). The van der Waals surface area contributed by atoms with E-state index in [0.717, 1.165) is 45.4 Å². The summed E-state index contributed by atoms with van der Waals surface area (Å²) in [6, 6.07) is 0. The minimum absolute atomic E-state index is 0.449. The number of rotatable bonds is 6. The topological polar surface area (TPSA) is 53.1 Å². The molecule has 0 aromatic carbocycles. The first-order valence-electron chi connectivity index (χ1n) is 8.32. The normalized spacial score (nSPS) is 26.6. The maximum Gasteiger partial charge on any atom is 0.281 e. The summed E-state index contributed by atoms with van der Waals surface area (Å²) in [7, 11) is 2.24. The molecule has 7 heteroatoms. The third-order valence-corrected chi connectivity index (χ3v) is 6.89. The molecule has 1 atom stereocenters. The number of nitrogens with zero attached hydrogens (tertiary/aromatic N) is 3. The van der Waals surface area contributed by atoms with Crippen molar-refractivity contribution in [1.29, 1.82) is 0 Å². The zero-order valence-electron chi connectivity index (χ0n) is 14.2. The number of hydrogen-bond donors (Lipinski definition) is 0. The molecule has 2 heterocycles. The summed E-state index contributed by atoms with van der Waals surface area (Å²) in [6.07, 6.45) is 4.08. The van der Waals surface area contributed by atoms with Crippen LogP contribution in [-0.2, 0) is 14.9 Å². The van der Waals surface area contributed by atoms with Gasteiger partial charge in [0.25, 0.3) is 10.2 Å². The fourth-order valence-electron chi connectivity index (χ4n) is 3.62. The van der Waals surface area contributed by atoms with Crippen LogP contribution in [0.25, 0.3) is 0 Å². The Bertz CT molecular complexity index is 435. The average Bonchev–Trinajstić information content (AvgIpc) is 2.48. The van der Waals surface area contributed by atoms with Gasteiger partial charge in [0.05, 0.1) is 0 Å². The Morgan fingerprint density at radius 1 is 1.14 bits per heavy atom. The molecule has 2 aliphatic rings. The Morgan fingerprint density at radius 3 is 2.41 bits per heavy atom. The van der Waals surface area contributed by atoms with Crippen LogP contribution < -0.4 is 0 Å². The highest BCUT2D eigenvalue weighted by atomic mass is 32.2. The van der Waals surface area contributed by atoms with Gasteiger partial charge in [0.2, 0.25) is 0 Å². The van der Waals surface area contributed by atoms with Gasteiger partial charge < -0.3 is 9.64 Å². The molecule has 0 aliphatic carbocycles. The average molecular weight is 333 g/mol. The summed E-state index contributed by atoms with van der Waals surface area (Å²) < 4.78 is 33.8. The molecule has 0 radical (unpaired) electrons. The first kappa shape index (κ1) is 18.1. The van der Waals surface area contributed by atoms with Crippen LogP contribution in [0.15, 0.2) is 0 Å². The van der Waals surface area contributed by atoms with E-state index in [-0.39, 0.29) is 0 Å². The van der Waals surface area contributed by atoms with Crippen LogP contribution in [0.5, 0.6) is 0 Å². The molecule has 0 saturated carbocycles. The van der Waals surface area contributed by atoms with Crippen LogP contribution >= 0.6 is 0 Å². The minimum atomic E-state index is -3.31. The monoisotopic (exact) mass is 333 g/mol. The quantitative estimate of drug-likeness (QED) is 0.724. The summed E-state index contributed by atoms with van der Waals surface area (Å²) in [5.41, 5.74) is 0. The SMILES string of the molecule is COCC1CCN(S(=O)(=O)N(C)C[C@@H]2CCCN(C)C2)CC1. The smallest absolute Gasteiger partial charge is 0.281 e. The lowest BCUT2D eigenvalue weighted by Crippen LogP contribution is -2.48. The molecule has 130 valence electrons. The molecule has 0 aromatic heterocycles. The number of piperidine rings is 2. The van der Waals surface area contributed by atoms with Crippen LogP contribution in [0.2, 0.25) is 0 Å². The molecule has 0 N–H and O–H groups in total. The van der Waals surface area contributed by atoms with Gasteiger partial charge in [-0.25, -0.2) is 0 Å². The minimum Gasteiger partial charge on any atom is -0.384 e. The zero-order valence-corrected chi connectivity index (χ0v) is 15.0. The fourth-order valence-corrected chi connectivity index (χ4v) is 5.09. The van der Waals surface area contributed by atoms with Gasteiger partial charge in [-0.05, 0) is 51.1 Å². The second-order valence-electron chi connectivity index (χ2n) is 6.86. The summed E-state index contributed by atoms with van der Waals surface area (Å²) in [5.74, 6) is 0.943. The second-order valence-corrected chi connectivity index (χ2v) is 8.89. The lowest BCUT2D eigenvalue weighted by atomic mass is 9.99. The first-order chi connectivity index (χ1) is 10.4. The van der Waals surface area contributed by atoms with Crippen molar-refractivity contribution in [3.8, 4) is 0 Å². The maximum atomic E-state index is 12.7. The second kappa shape index (κ2) is 8.06. The lowest BCUT2D eigenvalue weighted by Gasteiger charge is -2.36. The third kappa shape index (κ3) is 4.64. The lowest BCUT2D eigenvalue weighted by molar-refractivity contribution is 0.119. The van der Waals surface area contributed by atoms with Gasteiger partial charge in [0.1, 0.15) is 0 Å². The molecule has 0 spiro atoms. The van der Waals surface area contributed by atoms with Crippen molar-refractivity contribution in [1.82, 2.24) is 13.5 Å². The highest BCUT2D eigenvalue weighted by Gasteiger charge is 2.32. The molecular weight excluding hydrogens is 302 g/mol. The number of likely N-dealkylation sites (tertiary alicyclic amines) is 1. The summed E-state index contributed by atoms with van der Waals surface area (Å²) in [5, 5.41) is 0. The van der Waals surface area contributed by atoms with Crippen LogP contribution in [0, 0.1) is 11.8 Å². The van der Waals surface area contributed by atoms with Gasteiger partial charge in [0, 0.05) is 46.9 Å². The number of ether oxygens (including phenoxy) is 1. The van der Waals surface area contributed by atoms with Crippen molar-refractivity contribution in [3.63, 3.8) is 0 Å². The van der Waals surface area contributed by atoms with Crippen molar-refractivity contribution in [2.45, 2.75) is 25.7 Å². The third-order valence-electron chi connectivity index (χ3n) is 4.93. The molecule has 6 nitrogen and oxygen atoms in total. The van der Waals surface area contributed by atoms with Gasteiger partial charge in [-0.2, -0.15) is 17.0 Å². The number of hydrogen-bond acceptors (Lipinski definition) is 4. The van der Waals surface area contributed by atoms with Crippen molar-refractivity contribution in [2.75, 3.05) is 60.5 Å². The van der Waals surface area contributed by atoms with E-state index >= 15 is 0 Å². The molecule has 0 amide bonds. The maximum absolute atomic E-state index is 12.7. The van der Waals surface area contributed by atoms with Crippen LogP contribution in [0.1, 0.15) is 25.7 Å². The molecule has 22 heavy (non-hydrogen) atoms. The number of methoxy groups -OCH3 is 1. The van der Waals surface area contributed by atoms with Gasteiger partial charge in [-0.3, -0.25) is 0 Å². The van der Waals surface area contributed by atoms with Gasteiger partial charge in [-0.1, -0.05) is 0 Å². The van der Waals surface area contributed by atoms with E-state index in [4.69, 9.17) is 4.74 Å². The van der Waals surface area contributed by atoms with Crippen molar-refractivity contribution >= 4 is 10.2 Å². The Kier molecular flexibility index (Phi) is 6.64. The van der Waals surface area contributed by atoms with Crippen LogP contribution in [0.4, 0.5) is 0 Å². The summed E-state index contributed by atoms with van der Waals surface area (Å²) >= 11 is 0. The Morgan fingerprint density at radius 2 is 1.82 bits per heavy atom. The molecule has 0 bridgehead atoms. The van der Waals surface area contributed by atoms with Crippen LogP contribution in [-0.4, -0.2) is 82.5 Å². The van der Waals surface area contributed by atoms with E-state index in [0.29, 0.717) is 31.5 Å². The van der Waals surface area contributed by atoms with E-state index in [1.165, 1.54) is 0 Å². The van der Waals surface area contributed by atoms with E-state index < -0.39 is 10.2 Å². The van der Waals surface area contributed by atoms with E-state index in [9.17, 15) is 8.42 Å². The van der Waals surface area contributed by atoms with Crippen molar-refractivity contribution < 1.29 is 13.2 Å². The largest absolute Gasteiger partial charge is 0.384 e. The van der Waals surface area contributed by atoms with E-state index in [2.05, 4.69) is 11.9 Å². The molecule has 0 aromatic rings. The molecule has 2 fully saturated rings. The van der Waals surface area contributed by atoms with Gasteiger partial charge in [0.15, 0.2) is 0 Å². The Balaban J connectivity index is 1.86. The predicted molar refractivity (Wildman–Crippen MR) is 87.9 cm³/mol. The zero-order chi connectivity index (χ0) is 16.2. The summed E-state index contributed by atoms with van der Waals surface area (Å²) in [4.78, 5) is 2.30.